The first-order valence-corrected chi connectivity index (χ1v) is 11.7. The maximum Gasteiger partial charge on any atom is 0.253 e. The quantitative estimate of drug-likeness (QED) is 0.636. The number of nitrogens with one attached hydrogen (secondary N) is 1. The fourth-order valence-electron chi connectivity index (χ4n) is 5.29. The number of anilines is 1. The summed E-state index contributed by atoms with van der Waals surface area (Å²) in [7, 11) is 0. The molecule has 3 aromatic rings. The molecule has 2 amide bonds. The van der Waals surface area contributed by atoms with Gasteiger partial charge in [-0.05, 0) is 42.9 Å². The predicted octanol–water partition coefficient (Wildman–Crippen LogP) is 4.25. The zero-order valence-corrected chi connectivity index (χ0v) is 18.5. The minimum absolute atomic E-state index is 0.00946. The number of hydrogen-bond acceptors (Lipinski definition) is 3. The van der Waals surface area contributed by atoms with E-state index in [9.17, 15) is 9.59 Å². The second-order valence-electron chi connectivity index (χ2n) is 9.11. The van der Waals surface area contributed by atoms with E-state index in [1.807, 2.05) is 51.9 Å². The topological polar surface area (TPSA) is 67.2 Å². The summed E-state index contributed by atoms with van der Waals surface area (Å²) in [6.07, 6.45) is 5.37. The number of amides is 2. The third-order valence-corrected chi connectivity index (χ3v) is 6.98. The minimum Gasteiger partial charge on any atom is -0.356 e. The molecule has 5 rings (SSSR count). The van der Waals surface area contributed by atoms with E-state index in [0.717, 1.165) is 36.7 Å². The van der Waals surface area contributed by atoms with Crippen molar-refractivity contribution in [1.29, 1.82) is 0 Å². The fraction of sp³-hybridized carbons (Fsp3) is 0.423. The second kappa shape index (κ2) is 8.77. The Hall–Kier alpha value is -3.15. The van der Waals surface area contributed by atoms with E-state index in [2.05, 4.69) is 24.4 Å². The fourth-order valence-corrected chi connectivity index (χ4v) is 5.29. The molecule has 3 atom stereocenters. The van der Waals surface area contributed by atoms with E-state index < -0.39 is 6.04 Å². The van der Waals surface area contributed by atoms with E-state index in [0.29, 0.717) is 18.4 Å². The Labute approximate surface area is 188 Å². The molecule has 0 saturated heterocycles. The monoisotopic (exact) mass is 430 g/mol. The van der Waals surface area contributed by atoms with Crippen LogP contribution in [0.15, 0.2) is 54.6 Å². The molecule has 0 bridgehead atoms. The van der Waals surface area contributed by atoms with Gasteiger partial charge in [-0.25, -0.2) is 4.98 Å². The molecule has 1 saturated carbocycles. The molecule has 6 heteroatoms. The maximum atomic E-state index is 13.6. The first-order valence-electron chi connectivity index (χ1n) is 11.7. The molecule has 2 heterocycles. The Morgan fingerprint density at radius 3 is 2.62 bits per heavy atom. The Bertz CT molecular complexity index is 1120. The number of carbonyl (C=O) groups excluding carboxylic acids is 2. The average Bonchev–Trinajstić information content (AvgIpc) is 3.29. The number of fused-ring (bicyclic) bond motifs is 3. The number of rotatable bonds is 6. The lowest BCUT2D eigenvalue weighted by Crippen LogP contribution is -2.45. The zero-order valence-electron chi connectivity index (χ0n) is 18.5. The Balaban J connectivity index is 1.37. The predicted molar refractivity (Wildman–Crippen MR) is 125 cm³/mol. The second-order valence-corrected chi connectivity index (χ2v) is 9.11. The molecule has 2 aromatic carbocycles. The van der Waals surface area contributed by atoms with Crippen LogP contribution in [0.25, 0.3) is 11.0 Å². The van der Waals surface area contributed by atoms with Crippen LogP contribution in [-0.2, 0) is 16.0 Å². The highest BCUT2D eigenvalue weighted by Gasteiger charge is 2.45. The van der Waals surface area contributed by atoms with Crippen LogP contribution in [-0.4, -0.2) is 34.0 Å². The molecule has 2 aliphatic rings. The van der Waals surface area contributed by atoms with Gasteiger partial charge in [-0.3, -0.25) is 19.1 Å². The van der Waals surface area contributed by atoms with Gasteiger partial charge >= 0.3 is 0 Å². The van der Waals surface area contributed by atoms with Crippen molar-refractivity contribution in [2.45, 2.75) is 57.5 Å². The van der Waals surface area contributed by atoms with Crippen molar-refractivity contribution in [3.8, 4) is 0 Å². The average molecular weight is 431 g/mol. The zero-order chi connectivity index (χ0) is 22.1. The lowest BCUT2D eigenvalue weighted by atomic mass is 9.85. The molecule has 1 aliphatic carbocycles. The summed E-state index contributed by atoms with van der Waals surface area (Å²) in [6, 6.07) is 17.6. The van der Waals surface area contributed by atoms with Crippen molar-refractivity contribution in [2.24, 2.45) is 5.92 Å². The lowest BCUT2D eigenvalue weighted by Gasteiger charge is -2.35. The minimum atomic E-state index is -0.539. The first-order chi connectivity index (χ1) is 15.6. The van der Waals surface area contributed by atoms with Gasteiger partial charge in [-0.2, -0.15) is 0 Å². The van der Waals surface area contributed by atoms with Crippen molar-refractivity contribution >= 4 is 28.8 Å². The van der Waals surface area contributed by atoms with Gasteiger partial charge in [0, 0.05) is 12.6 Å². The summed E-state index contributed by atoms with van der Waals surface area (Å²) < 4.78 is 2.00. The number of nitrogens with zero attached hydrogens (tertiary/aromatic N) is 3. The Morgan fingerprint density at radius 1 is 1.06 bits per heavy atom. The highest BCUT2D eigenvalue weighted by molar-refractivity contribution is 6.04. The van der Waals surface area contributed by atoms with Crippen LogP contribution >= 0.6 is 0 Å². The number of para-hydroxylation sites is 2. The molecular weight excluding hydrogens is 400 g/mol. The number of hydrogen-bond donors (Lipinski definition) is 1. The number of benzene rings is 2. The highest BCUT2D eigenvalue weighted by Crippen LogP contribution is 2.41. The summed E-state index contributed by atoms with van der Waals surface area (Å²) >= 11 is 0. The smallest absolute Gasteiger partial charge is 0.253 e. The Morgan fingerprint density at radius 2 is 1.81 bits per heavy atom. The summed E-state index contributed by atoms with van der Waals surface area (Å²) in [6.45, 7) is 2.79. The molecule has 1 aromatic heterocycles. The third-order valence-electron chi connectivity index (χ3n) is 6.98. The van der Waals surface area contributed by atoms with Crippen molar-refractivity contribution < 1.29 is 9.59 Å². The first kappa shape index (κ1) is 20.7. The largest absolute Gasteiger partial charge is 0.356 e. The van der Waals surface area contributed by atoms with E-state index >= 15 is 0 Å². The molecule has 1 N–H and O–H groups in total. The van der Waals surface area contributed by atoms with E-state index in [4.69, 9.17) is 4.98 Å². The van der Waals surface area contributed by atoms with E-state index in [-0.39, 0.29) is 24.3 Å². The summed E-state index contributed by atoms with van der Waals surface area (Å²) in [5.74, 6) is 1.05. The van der Waals surface area contributed by atoms with E-state index in [1.165, 1.54) is 12.0 Å². The molecule has 0 radical (unpaired) electrons. The molecular formula is C26H30N4O2. The summed E-state index contributed by atoms with van der Waals surface area (Å²) in [5, 5.41) is 3.01. The third kappa shape index (κ3) is 3.78. The molecule has 1 fully saturated rings. The summed E-state index contributed by atoms with van der Waals surface area (Å²) in [5.41, 5.74) is 2.98. The van der Waals surface area contributed by atoms with Gasteiger partial charge in [0.2, 0.25) is 11.9 Å². The van der Waals surface area contributed by atoms with Gasteiger partial charge in [0.1, 0.15) is 6.04 Å². The van der Waals surface area contributed by atoms with Gasteiger partial charge in [-0.1, -0.05) is 62.2 Å². The number of imidazole rings is 1. The number of aromatic nitrogens is 2. The van der Waals surface area contributed by atoms with Crippen LogP contribution in [0.1, 0.15) is 50.6 Å². The van der Waals surface area contributed by atoms with Gasteiger partial charge in [-0.15, -0.1) is 0 Å². The van der Waals surface area contributed by atoms with E-state index in [1.54, 1.807) is 0 Å². The van der Waals surface area contributed by atoms with Crippen molar-refractivity contribution in [1.82, 2.24) is 14.9 Å². The SMILES string of the molecule is C[C@@H]1CCCC[C@@H]1N1C(=O)[C@H](CC(=O)NCCc2ccccc2)n2c1nc1ccccc12. The van der Waals surface area contributed by atoms with Crippen LogP contribution in [0.2, 0.25) is 0 Å². The van der Waals surface area contributed by atoms with Gasteiger partial charge in [0.05, 0.1) is 17.5 Å². The molecule has 1 aliphatic heterocycles. The molecule has 6 nitrogen and oxygen atoms in total. The molecule has 0 spiro atoms. The highest BCUT2D eigenvalue weighted by atomic mass is 16.2. The Kier molecular flexibility index (Phi) is 5.68. The van der Waals surface area contributed by atoms with Gasteiger partial charge in [0.25, 0.3) is 5.91 Å². The standard InChI is InChI=1S/C26H30N4O2/c1-18-9-5-7-13-21(18)30-25(32)23(29-22-14-8-6-12-20(22)28-26(29)30)17-24(31)27-16-15-19-10-3-2-4-11-19/h2-4,6,8,10-12,14,18,21,23H,5,7,9,13,15-17H2,1H3,(H,27,31)/t18-,21+,23+/m1/s1. The molecule has 166 valence electrons. The van der Waals surface area contributed by atoms with Gasteiger partial charge < -0.3 is 5.32 Å². The van der Waals surface area contributed by atoms with Crippen molar-refractivity contribution in [3.05, 3.63) is 60.2 Å². The van der Waals surface area contributed by atoms with Crippen LogP contribution in [0.5, 0.6) is 0 Å². The number of carbonyl (C=O) groups is 2. The molecule has 0 unspecified atom stereocenters. The summed E-state index contributed by atoms with van der Waals surface area (Å²) in [4.78, 5) is 33.2. The van der Waals surface area contributed by atoms with Crippen molar-refractivity contribution in [2.75, 3.05) is 11.4 Å². The van der Waals surface area contributed by atoms with Crippen LogP contribution in [0, 0.1) is 5.92 Å². The van der Waals surface area contributed by atoms with Crippen molar-refractivity contribution in [3.63, 3.8) is 0 Å². The maximum absolute atomic E-state index is 13.6. The van der Waals surface area contributed by atoms with Gasteiger partial charge in [0.15, 0.2) is 0 Å². The lowest BCUT2D eigenvalue weighted by molar-refractivity contribution is -0.127. The molecule has 32 heavy (non-hydrogen) atoms. The van der Waals surface area contributed by atoms with Crippen LogP contribution in [0.3, 0.4) is 0 Å². The van der Waals surface area contributed by atoms with Crippen LogP contribution in [0.4, 0.5) is 5.95 Å². The normalized spacial score (nSPS) is 22.8. The van der Waals surface area contributed by atoms with Crippen LogP contribution < -0.4 is 10.2 Å².